The van der Waals surface area contributed by atoms with E-state index >= 15 is 4.21 Å². The Morgan fingerprint density at radius 2 is 1.30 bits per heavy atom. The van der Waals surface area contributed by atoms with Crippen LogP contribution in [0.5, 0.6) is 5.75 Å². The van der Waals surface area contributed by atoms with Crippen LogP contribution in [0, 0.1) is 11.8 Å². The Kier molecular flexibility index (Phi) is 35.2. The Morgan fingerprint density at radius 1 is 0.725 bits per heavy atom. The van der Waals surface area contributed by atoms with Crippen molar-refractivity contribution >= 4 is 98.4 Å². The molecule has 0 saturated carbocycles. The van der Waals surface area contributed by atoms with Crippen molar-refractivity contribution in [1.82, 2.24) is 57.3 Å². The van der Waals surface area contributed by atoms with E-state index in [4.69, 9.17) is 49.4 Å². The van der Waals surface area contributed by atoms with E-state index in [1.165, 1.54) is 44.1 Å². The number of nitrogens with two attached hydrogens (primary N) is 2. The van der Waals surface area contributed by atoms with Crippen LogP contribution in [0.15, 0.2) is 41.2 Å². The van der Waals surface area contributed by atoms with Gasteiger partial charge >= 0.3 is 0 Å². The molecular formula is C64H97N13O23S2. The zero-order valence-electron chi connectivity index (χ0n) is 57.6. The summed E-state index contributed by atoms with van der Waals surface area (Å²) in [6.45, 7) is 6.96. The Bertz CT molecular complexity index is 3270. The second kappa shape index (κ2) is 43.3. The molecule has 36 nitrogen and oxygen atoms in total. The summed E-state index contributed by atoms with van der Waals surface area (Å²) >= 11 is 1.43. The first-order valence-corrected chi connectivity index (χ1v) is 36.0. The number of nitrogens with zero attached hydrogens (tertiary/aromatic N) is 2. The third-order valence-corrected chi connectivity index (χ3v) is 19.2. The molecule has 16 N–H and O–H groups in total. The molecule has 0 aliphatic carbocycles. The molecule has 1 aromatic heterocycles. The first-order chi connectivity index (χ1) is 49.0. The van der Waals surface area contributed by atoms with E-state index in [-0.39, 0.29) is 42.7 Å². The molecular weight excluding hydrogens is 1380 g/mol. The number of fused-ring (bicyclic) bond motifs is 5. The van der Waals surface area contributed by atoms with Crippen LogP contribution in [0.4, 0.5) is 0 Å². The zero-order valence-corrected chi connectivity index (χ0v) is 59.3. The van der Waals surface area contributed by atoms with Gasteiger partial charge in [-0.2, -0.15) is 11.8 Å². The fraction of sp³-hybridized carbons (Fsp3) is 0.641. The SMILES string of the molecule is CC[C@H](C)[C@@H]1NC(=O)CNC(=O)[C@@H]2Cc3c([nH]c4c(CSCCOCCOCCOCCOCCOCCOCCOCCN/C=C(\N)CN5C(=O)C=CC5=O)c(OC)ccc34)S(=O)C[C@H](NC(=O)CNC1=O)C(=O)N[C@@H](CC(N)=O)C(=O)N1C[C@H](O)C[C@H]1C(=O)N[C@@H]([C@@H](C)[C@@H](O)CO)C(=O)N2. The number of aromatic amines is 1. The summed E-state index contributed by atoms with van der Waals surface area (Å²) in [6, 6.07) is -6.96. The van der Waals surface area contributed by atoms with Crippen molar-refractivity contribution in [2.45, 2.75) is 106 Å². The minimum absolute atomic E-state index is 0.000789. The van der Waals surface area contributed by atoms with Crippen molar-refractivity contribution in [3.8, 4) is 5.75 Å². The van der Waals surface area contributed by atoms with Gasteiger partial charge in [-0.25, -0.2) is 0 Å². The van der Waals surface area contributed by atoms with E-state index in [1.54, 1.807) is 26.0 Å². The van der Waals surface area contributed by atoms with Crippen molar-refractivity contribution in [3.05, 3.63) is 47.3 Å². The highest BCUT2D eigenvalue weighted by atomic mass is 32.2. The van der Waals surface area contributed by atoms with Gasteiger partial charge in [-0.05, 0) is 23.6 Å². The summed E-state index contributed by atoms with van der Waals surface area (Å²) < 4.78 is 60.3. The van der Waals surface area contributed by atoms with Crippen LogP contribution < -0.4 is 58.7 Å². The number of benzene rings is 1. The lowest BCUT2D eigenvalue weighted by atomic mass is 9.93. The monoisotopic (exact) mass is 1480 g/mol. The average Bonchev–Trinajstić information content (AvgIpc) is 1.61. The third-order valence-electron chi connectivity index (χ3n) is 16.8. The van der Waals surface area contributed by atoms with Gasteiger partial charge in [-0.15, -0.1) is 0 Å². The maximum absolute atomic E-state index is 15.3. The summed E-state index contributed by atoms with van der Waals surface area (Å²) in [7, 11) is -1.02. The minimum atomic E-state index is -2.45. The van der Waals surface area contributed by atoms with Crippen molar-refractivity contribution in [2.75, 3.05) is 150 Å². The molecule has 1 saturated heterocycles. The molecule has 5 heterocycles. The molecule has 102 heavy (non-hydrogen) atoms. The van der Waals surface area contributed by atoms with E-state index in [9.17, 15) is 68.1 Å². The fourth-order valence-corrected chi connectivity index (χ4v) is 13.3. The number of aromatic nitrogens is 1. The molecule has 568 valence electrons. The molecule has 2 aromatic rings. The number of H-pyrrole nitrogens is 1. The highest BCUT2D eigenvalue weighted by Crippen LogP contribution is 2.36. The molecule has 1 unspecified atom stereocenters. The second-order valence-corrected chi connectivity index (χ2v) is 26.7. The van der Waals surface area contributed by atoms with Gasteiger partial charge in [0.05, 0.1) is 167 Å². The number of hydrogen-bond donors (Lipinski definition) is 14. The molecule has 0 radical (unpaired) electrons. The van der Waals surface area contributed by atoms with Crippen LogP contribution in [0.25, 0.3) is 10.9 Å². The van der Waals surface area contributed by atoms with Crippen molar-refractivity contribution < 1.29 is 110 Å². The number of amides is 11. The van der Waals surface area contributed by atoms with Crippen LogP contribution in [-0.4, -0.2) is 298 Å². The zero-order chi connectivity index (χ0) is 74.3. The number of carbonyl (C=O) groups is 11. The largest absolute Gasteiger partial charge is 0.496 e. The topological polar surface area (TPSA) is 510 Å². The third kappa shape index (κ3) is 25.8. The number of aliphatic hydroxyl groups excluding tert-OH is 3. The number of ether oxygens (including phenoxy) is 8. The number of primary amides is 1. The lowest BCUT2D eigenvalue weighted by Gasteiger charge is -2.32. The van der Waals surface area contributed by atoms with Gasteiger partial charge in [0.15, 0.2) is 0 Å². The number of hydrogen-bond acceptors (Lipinski definition) is 26. The first kappa shape index (κ1) is 83.1. The predicted octanol–water partition coefficient (Wildman–Crippen LogP) is -5.95. The molecule has 4 aliphatic rings. The molecule has 0 spiro atoms. The van der Waals surface area contributed by atoms with Crippen LogP contribution in [0.3, 0.4) is 0 Å². The summed E-state index contributed by atoms with van der Waals surface area (Å²) in [5, 5.41) is 52.7. The normalized spacial score (nSPS) is 23.1. The summed E-state index contributed by atoms with van der Waals surface area (Å²) in [6.07, 6.45) is -0.647. The number of rotatable bonds is 37. The Morgan fingerprint density at radius 3 is 1.88 bits per heavy atom. The van der Waals surface area contributed by atoms with E-state index in [0.717, 1.165) is 9.80 Å². The van der Waals surface area contributed by atoms with Gasteiger partial charge in [0.2, 0.25) is 53.2 Å². The van der Waals surface area contributed by atoms with Crippen molar-refractivity contribution in [2.24, 2.45) is 23.3 Å². The molecule has 1 fully saturated rings. The highest BCUT2D eigenvalue weighted by Gasteiger charge is 2.45. The second-order valence-electron chi connectivity index (χ2n) is 24.2. The van der Waals surface area contributed by atoms with Crippen LogP contribution >= 0.6 is 11.8 Å². The van der Waals surface area contributed by atoms with E-state index in [2.05, 4.69) is 47.5 Å². The fourth-order valence-electron chi connectivity index (χ4n) is 11.0. The summed E-state index contributed by atoms with van der Waals surface area (Å²) in [5.41, 5.74) is 12.8. The molecule has 2 bridgehead atoms. The van der Waals surface area contributed by atoms with Gasteiger partial charge in [0, 0.05) is 78.4 Å². The molecule has 6 rings (SSSR count). The van der Waals surface area contributed by atoms with Gasteiger partial charge in [-0.1, -0.05) is 27.2 Å². The standard InChI is InChI=1S/C64H97N13O23S2/c1-5-37(2)55-61(89)69-30-51(82)70-46-36-102(92)63-42(27-44(58(86)68-31-52(83)73-55)71-62(90)56(38(3)48(80)34-78)74-60(88)47-26-40(79)33-76(47)64(91)45(28-50(66)81)72-59(46)87)41-6-7-49(93-4)43(57(41)75-63)35-101-25-24-100-23-22-99-21-20-98-19-18-97-17-16-96-15-14-95-13-12-94-11-10-67-29-39(65)32-77-53(84)8-9-54(77)85/h6-9,29,37-38,40,44-48,55-56,67,75,78-80H,5,10-28,30-36,65H2,1-4H3,(H2,66,81)(H,68,86)(H,69,89)(H,70,82)(H,71,90)(H,72,87)(H,73,83)(H,74,88)/b39-29-/t37-,38-,40+,44-,45-,46-,47-,48-,55-,56-,102?/m0/s1. The van der Waals surface area contributed by atoms with Crippen molar-refractivity contribution in [3.63, 3.8) is 0 Å². The lowest BCUT2D eigenvalue weighted by Crippen LogP contribution is -2.62. The molecule has 11 amide bonds. The number of imide groups is 1. The quantitative estimate of drug-likeness (QED) is 0.0221. The average molecular weight is 1480 g/mol. The van der Waals surface area contributed by atoms with Crippen LogP contribution in [0.1, 0.15) is 51.2 Å². The van der Waals surface area contributed by atoms with Gasteiger partial charge in [-0.3, -0.25) is 61.8 Å². The minimum Gasteiger partial charge on any atom is -0.496 e. The lowest BCUT2D eigenvalue weighted by molar-refractivity contribution is -0.144. The number of thioether (sulfide) groups is 1. The number of aliphatic hydroxyl groups is 3. The van der Waals surface area contributed by atoms with Crippen LogP contribution in [0.2, 0.25) is 0 Å². The Labute approximate surface area is 596 Å². The number of carbonyl (C=O) groups excluding carboxylic acids is 11. The Hall–Kier alpha value is -7.89. The van der Waals surface area contributed by atoms with Crippen molar-refractivity contribution in [1.29, 1.82) is 0 Å². The molecule has 4 aliphatic heterocycles. The van der Waals surface area contributed by atoms with Gasteiger partial charge in [0.25, 0.3) is 11.8 Å². The summed E-state index contributed by atoms with van der Waals surface area (Å²) in [4.78, 5) is 156. The van der Waals surface area contributed by atoms with E-state index in [1.807, 2.05) is 0 Å². The molecule has 38 heteroatoms. The molecule has 1 aromatic carbocycles. The van der Waals surface area contributed by atoms with E-state index < -0.39 is 187 Å². The number of methoxy groups -OCH3 is 1. The molecule has 11 atom stereocenters. The number of nitrogens with one attached hydrogen (secondary N) is 9. The predicted molar refractivity (Wildman–Crippen MR) is 365 cm³/mol. The van der Waals surface area contributed by atoms with Gasteiger partial charge in [0.1, 0.15) is 47.0 Å². The Balaban J connectivity index is 1.08. The van der Waals surface area contributed by atoms with Gasteiger partial charge < -0.3 is 117 Å². The maximum Gasteiger partial charge on any atom is 0.253 e. The van der Waals surface area contributed by atoms with Crippen LogP contribution in [-0.2, 0) is 109 Å². The maximum atomic E-state index is 15.3. The summed E-state index contributed by atoms with van der Waals surface area (Å²) in [5.74, 6) is -11.8. The highest BCUT2D eigenvalue weighted by molar-refractivity contribution is 7.98. The first-order valence-electron chi connectivity index (χ1n) is 33.5. The smallest absolute Gasteiger partial charge is 0.253 e. The van der Waals surface area contributed by atoms with E-state index in [0.29, 0.717) is 119 Å².